The zero-order chi connectivity index (χ0) is 15.5. The van der Waals surface area contributed by atoms with E-state index in [2.05, 4.69) is 17.0 Å². The maximum atomic E-state index is 12.5. The Labute approximate surface area is 128 Å². The first kappa shape index (κ1) is 16.5. The second-order valence-electron chi connectivity index (χ2n) is 5.87. The van der Waals surface area contributed by atoms with Crippen molar-refractivity contribution in [2.24, 2.45) is 5.92 Å². The Morgan fingerprint density at radius 1 is 1.33 bits per heavy atom. The van der Waals surface area contributed by atoms with Crippen LogP contribution in [0.15, 0.2) is 17.2 Å². The minimum absolute atomic E-state index is 0.0807. The molecular formula is C15H27N3O2S. The van der Waals surface area contributed by atoms with Crippen LogP contribution in [-0.4, -0.2) is 25.6 Å². The Hall–Kier alpha value is -0.850. The van der Waals surface area contributed by atoms with Gasteiger partial charge >= 0.3 is 0 Å². The van der Waals surface area contributed by atoms with E-state index >= 15 is 0 Å². The third-order valence-electron chi connectivity index (χ3n) is 4.34. The van der Waals surface area contributed by atoms with Gasteiger partial charge in [-0.1, -0.05) is 20.3 Å². The second kappa shape index (κ2) is 6.94. The van der Waals surface area contributed by atoms with Crippen molar-refractivity contribution in [1.82, 2.24) is 14.6 Å². The van der Waals surface area contributed by atoms with Crippen molar-refractivity contribution < 1.29 is 8.42 Å². The molecule has 0 saturated heterocycles. The highest BCUT2D eigenvalue weighted by Crippen LogP contribution is 2.26. The summed E-state index contributed by atoms with van der Waals surface area (Å²) in [6.45, 7) is 8.52. The van der Waals surface area contributed by atoms with Crippen molar-refractivity contribution >= 4 is 10.0 Å². The van der Waals surface area contributed by atoms with Crippen LogP contribution in [0, 0.1) is 5.92 Å². The highest BCUT2D eigenvalue weighted by Gasteiger charge is 2.29. The standard InChI is InChI=1S/C15H27N3O2S/c1-4-16-10-13-9-14(11-18(13)5-2)21(19,20)17-15-8-6-7-12(15)3/h9,11-12,15-17H,4-8,10H2,1-3H3. The van der Waals surface area contributed by atoms with E-state index in [1.165, 1.54) is 0 Å². The van der Waals surface area contributed by atoms with Gasteiger partial charge in [0.15, 0.2) is 0 Å². The molecule has 1 aliphatic carbocycles. The average molecular weight is 313 g/mol. The summed E-state index contributed by atoms with van der Waals surface area (Å²) < 4.78 is 30.0. The van der Waals surface area contributed by atoms with Crippen LogP contribution in [-0.2, 0) is 23.1 Å². The summed E-state index contributed by atoms with van der Waals surface area (Å²) in [4.78, 5) is 0.386. The van der Waals surface area contributed by atoms with Crippen LogP contribution >= 0.6 is 0 Å². The van der Waals surface area contributed by atoms with Gasteiger partial charge in [0.25, 0.3) is 0 Å². The summed E-state index contributed by atoms with van der Waals surface area (Å²) in [6.07, 6.45) is 4.90. The van der Waals surface area contributed by atoms with Gasteiger partial charge in [0, 0.05) is 31.0 Å². The number of aryl methyl sites for hydroxylation is 1. The first-order chi connectivity index (χ1) is 9.97. The van der Waals surface area contributed by atoms with E-state index in [1.54, 1.807) is 12.3 Å². The van der Waals surface area contributed by atoms with E-state index in [1.807, 2.05) is 18.4 Å². The van der Waals surface area contributed by atoms with E-state index in [9.17, 15) is 8.42 Å². The van der Waals surface area contributed by atoms with Crippen LogP contribution < -0.4 is 10.0 Å². The monoisotopic (exact) mass is 313 g/mol. The first-order valence-electron chi connectivity index (χ1n) is 7.90. The van der Waals surface area contributed by atoms with E-state index in [0.717, 1.165) is 38.0 Å². The second-order valence-corrected chi connectivity index (χ2v) is 7.58. The molecule has 2 atom stereocenters. The average Bonchev–Trinajstić information content (AvgIpc) is 3.03. The Morgan fingerprint density at radius 3 is 2.67 bits per heavy atom. The quantitative estimate of drug-likeness (QED) is 0.810. The third-order valence-corrected chi connectivity index (χ3v) is 5.79. The van der Waals surface area contributed by atoms with E-state index in [0.29, 0.717) is 17.4 Å². The van der Waals surface area contributed by atoms with Gasteiger partial charge in [0.1, 0.15) is 0 Å². The number of rotatable bonds is 7. The third kappa shape index (κ3) is 3.87. The van der Waals surface area contributed by atoms with Crippen molar-refractivity contribution in [3.63, 3.8) is 0 Å². The van der Waals surface area contributed by atoms with Gasteiger partial charge < -0.3 is 9.88 Å². The molecule has 1 fully saturated rings. The summed E-state index contributed by atoms with van der Waals surface area (Å²) in [5, 5.41) is 3.25. The number of hydrogen-bond acceptors (Lipinski definition) is 3. The SMILES string of the molecule is CCNCc1cc(S(=O)(=O)NC2CCCC2C)cn1CC. The summed E-state index contributed by atoms with van der Waals surface area (Å²) in [5.41, 5.74) is 1.01. The fourth-order valence-corrected chi connectivity index (χ4v) is 4.40. The molecular weight excluding hydrogens is 286 g/mol. The van der Waals surface area contributed by atoms with Gasteiger partial charge in [-0.3, -0.25) is 0 Å². The Bertz CT molecular complexity index is 565. The van der Waals surface area contributed by atoms with Gasteiger partial charge in [0.05, 0.1) is 4.90 Å². The van der Waals surface area contributed by atoms with Gasteiger partial charge in [-0.15, -0.1) is 0 Å². The zero-order valence-corrected chi connectivity index (χ0v) is 14.0. The predicted octanol–water partition coefficient (Wildman–Crippen LogP) is 2.08. The molecule has 0 aliphatic heterocycles. The molecule has 0 amide bonds. The van der Waals surface area contributed by atoms with Crippen LogP contribution in [0.4, 0.5) is 0 Å². The topological polar surface area (TPSA) is 63.1 Å². The molecule has 1 heterocycles. The molecule has 1 saturated carbocycles. The molecule has 2 unspecified atom stereocenters. The summed E-state index contributed by atoms with van der Waals surface area (Å²) >= 11 is 0. The van der Waals surface area contributed by atoms with Gasteiger partial charge in [-0.05, 0) is 38.3 Å². The van der Waals surface area contributed by atoms with Gasteiger partial charge in [0.2, 0.25) is 10.0 Å². The minimum Gasteiger partial charge on any atom is -0.349 e. The Morgan fingerprint density at radius 2 is 2.10 bits per heavy atom. The maximum Gasteiger partial charge on any atom is 0.242 e. The number of nitrogens with one attached hydrogen (secondary N) is 2. The van der Waals surface area contributed by atoms with E-state index < -0.39 is 10.0 Å². The van der Waals surface area contributed by atoms with Crippen molar-refractivity contribution in [2.45, 2.75) is 64.1 Å². The van der Waals surface area contributed by atoms with Crippen molar-refractivity contribution in [2.75, 3.05) is 6.54 Å². The Balaban J connectivity index is 2.17. The number of aromatic nitrogens is 1. The molecule has 6 heteroatoms. The largest absolute Gasteiger partial charge is 0.349 e. The molecule has 0 aromatic carbocycles. The molecule has 21 heavy (non-hydrogen) atoms. The smallest absolute Gasteiger partial charge is 0.242 e. The van der Waals surface area contributed by atoms with E-state index in [4.69, 9.17) is 0 Å². The van der Waals surface area contributed by atoms with E-state index in [-0.39, 0.29) is 6.04 Å². The van der Waals surface area contributed by atoms with Crippen LogP contribution in [0.25, 0.3) is 0 Å². The lowest BCUT2D eigenvalue weighted by atomic mass is 10.1. The lowest BCUT2D eigenvalue weighted by Crippen LogP contribution is -2.36. The lowest BCUT2D eigenvalue weighted by Gasteiger charge is -2.16. The fraction of sp³-hybridized carbons (Fsp3) is 0.733. The first-order valence-corrected chi connectivity index (χ1v) is 9.38. The molecule has 2 N–H and O–H groups in total. The summed E-state index contributed by atoms with van der Waals surface area (Å²) in [7, 11) is -3.41. The summed E-state index contributed by atoms with van der Waals surface area (Å²) in [5.74, 6) is 0.425. The van der Waals surface area contributed by atoms with Crippen LogP contribution in [0.3, 0.4) is 0 Å². The molecule has 120 valence electrons. The normalized spacial score (nSPS) is 22.8. The van der Waals surface area contributed by atoms with Gasteiger partial charge in [-0.25, -0.2) is 13.1 Å². The molecule has 1 aliphatic rings. The van der Waals surface area contributed by atoms with Crippen LogP contribution in [0.5, 0.6) is 0 Å². The highest BCUT2D eigenvalue weighted by atomic mass is 32.2. The van der Waals surface area contributed by atoms with Crippen molar-refractivity contribution in [1.29, 1.82) is 0 Å². The van der Waals surface area contributed by atoms with Crippen molar-refractivity contribution in [3.8, 4) is 0 Å². The van der Waals surface area contributed by atoms with Crippen LogP contribution in [0.2, 0.25) is 0 Å². The fourth-order valence-electron chi connectivity index (χ4n) is 2.96. The van der Waals surface area contributed by atoms with Crippen LogP contribution in [0.1, 0.15) is 45.7 Å². The summed E-state index contributed by atoms with van der Waals surface area (Å²) in [6, 6.07) is 1.87. The lowest BCUT2D eigenvalue weighted by molar-refractivity contribution is 0.476. The van der Waals surface area contributed by atoms with Gasteiger partial charge in [-0.2, -0.15) is 0 Å². The number of hydrogen-bond donors (Lipinski definition) is 2. The molecule has 0 spiro atoms. The Kier molecular flexibility index (Phi) is 5.46. The minimum atomic E-state index is -3.41. The molecule has 1 aromatic heterocycles. The molecule has 5 nitrogen and oxygen atoms in total. The predicted molar refractivity (Wildman–Crippen MR) is 84.6 cm³/mol. The molecule has 2 rings (SSSR count). The molecule has 0 radical (unpaired) electrons. The van der Waals surface area contributed by atoms with Crippen molar-refractivity contribution in [3.05, 3.63) is 18.0 Å². The number of nitrogens with zero attached hydrogens (tertiary/aromatic N) is 1. The molecule has 0 bridgehead atoms. The maximum absolute atomic E-state index is 12.5. The highest BCUT2D eigenvalue weighted by molar-refractivity contribution is 7.89. The number of sulfonamides is 1. The molecule has 1 aromatic rings. The zero-order valence-electron chi connectivity index (χ0n) is 13.2.